The van der Waals surface area contributed by atoms with Crippen molar-refractivity contribution in [2.75, 3.05) is 20.1 Å². The van der Waals surface area contributed by atoms with Crippen LogP contribution in [0.5, 0.6) is 0 Å². The van der Waals surface area contributed by atoms with Gasteiger partial charge in [0.1, 0.15) is 5.82 Å². The van der Waals surface area contributed by atoms with Crippen LogP contribution in [-0.4, -0.2) is 37.0 Å². The minimum atomic E-state index is -0.216. The van der Waals surface area contributed by atoms with Crippen LogP contribution in [0, 0.1) is 5.82 Å². The van der Waals surface area contributed by atoms with E-state index in [-0.39, 0.29) is 24.1 Å². The first-order chi connectivity index (χ1) is 8.70. The molecule has 1 aromatic rings. The summed E-state index contributed by atoms with van der Waals surface area (Å²) in [5.41, 5.74) is 0.943. The number of nitrogens with one attached hydrogen (secondary N) is 1. The lowest BCUT2D eigenvalue weighted by atomic mass is 10.1. The van der Waals surface area contributed by atoms with Crippen molar-refractivity contribution in [2.24, 2.45) is 0 Å². The Balaban J connectivity index is 0.00000180. The fourth-order valence-corrected chi connectivity index (χ4v) is 2.09. The minimum Gasteiger partial charge on any atom is -0.338 e. The first-order valence-corrected chi connectivity index (χ1v) is 6.39. The van der Waals surface area contributed by atoms with Gasteiger partial charge in [0.15, 0.2) is 0 Å². The molecule has 1 aliphatic carbocycles. The van der Waals surface area contributed by atoms with Crippen molar-refractivity contribution < 1.29 is 9.18 Å². The Morgan fingerprint density at radius 2 is 2.21 bits per heavy atom. The first kappa shape index (κ1) is 15.9. The zero-order chi connectivity index (χ0) is 13.0. The van der Waals surface area contributed by atoms with Crippen LogP contribution >= 0.6 is 12.4 Å². The molecule has 1 aliphatic rings. The third-order valence-electron chi connectivity index (χ3n) is 3.17. The molecule has 0 saturated heterocycles. The molecule has 0 atom stereocenters. The molecule has 2 rings (SSSR count). The molecule has 0 aromatic heterocycles. The van der Waals surface area contributed by atoms with Crippen LogP contribution in [0.4, 0.5) is 4.39 Å². The summed E-state index contributed by atoms with van der Waals surface area (Å²) in [6, 6.07) is 6.99. The quantitative estimate of drug-likeness (QED) is 0.867. The Morgan fingerprint density at radius 3 is 2.79 bits per heavy atom. The zero-order valence-electron chi connectivity index (χ0n) is 11.1. The van der Waals surface area contributed by atoms with E-state index in [1.165, 1.54) is 12.1 Å². The van der Waals surface area contributed by atoms with Crippen LogP contribution in [-0.2, 0) is 11.2 Å². The average Bonchev–Trinajstić information content (AvgIpc) is 3.14. The van der Waals surface area contributed by atoms with Crippen LogP contribution in [0.25, 0.3) is 0 Å². The molecule has 1 fully saturated rings. The predicted octanol–water partition coefficient (Wildman–Crippen LogP) is 2.00. The van der Waals surface area contributed by atoms with Gasteiger partial charge in [-0.25, -0.2) is 4.39 Å². The van der Waals surface area contributed by atoms with E-state index in [0.29, 0.717) is 25.6 Å². The summed E-state index contributed by atoms with van der Waals surface area (Å²) in [5, 5.41) is 2.89. The maximum Gasteiger partial charge on any atom is 0.236 e. The van der Waals surface area contributed by atoms with E-state index in [4.69, 9.17) is 0 Å². The van der Waals surface area contributed by atoms with Crippen LogP contribution in [0.15, 0.2) is 24.3 Å². The fourth-order valence-electron chi connectivity index (χ4n) is 2.09. The lowest BCUT2D eigenvalue weighted by Crippen LogP contribution is -2.40. The van der Waals surface area contributed by atoms with E-state index in [0.717, 1.165) is 18.4 Å². The molecule has 3 nitrogen and oxygen atoms in total. The number of likely N-dealkylation sites (N-methyl/N-ethyl adjacent to an activating group) is 1. The standard InChI is InChI=1S/C14H19FN2O.ClH/c1-16-10-14(18)17(13-5-6-13)8-7-11-3-2-4-12(15)9-11;/h2-4,9,13,16H,5-8,10H2,1H3;1H. The number of benzene rings is 1. The molecule has 19 heavy (non-hydrogen) atoms. The lowest BCUT2D eigenvalue weighted by Gasteiger charge is -2.22. The third kappa shape index (κ3) is 4.80. The molecule has 1 amide bonds. The minimum absolute atomic E-state index is 0. The maximum absolute atomic E-state index is 13.1. The highest BCUT2D eigenvalue weighted by Gasteiger charge is 2.31. The van der Waals surface area contributed by atoms with Crippen molar-refractivity contribution in [2.45, 2.75) is 25.3 Å². The second kappa shape index (κ2) is 7.46. The van der Waals surface area contributed by atoms with Crippen LogP contribution in [0.1, 0.15) is 18.4 Å². The van der Waals surface area contributed by atoms with Gasteiger partial charge in [0, 0.05) is 12.6 Å². The topological polar surface area (TPSA) is 32.3 Å². The van der Waals surface area contributed by atoms with Gasteiger partial charge in [0.2, 0.25) is 5.91 Å². The molecule has 5 heteroatoms. The summed E-state index contributed by atoms with van der Waals surface area (Å²) >= 11 is 0. The monoisotopic (exact) mass is 286 g/mol. The number of amides is 1. The molecule has 0 radical (unpaired) electrons. The van der Waals surface area contributed by atoms with Gasteiger partial charge in [0.05, 0.1) is 6.54 Å². The first-order valence-electron chi connectivity index (χ1n) is 6.39. The number of carbonyl (C=O) groups excluding carboxylic acids is 1. The van der Waals surface area contributed by atoms with Gasteiger partial charge in [-0.1, -0.05) is 12.1 Å². The van der Waals surface area contributed by atoms with Crippen LogP contribution in [0.2, 0.25) is 0 Å². The highest BCUT2D eigenvalue weighted by atomic mass is 35.5. The lowest BCUT2D eigenvalue weighted by molar-refractivity contribution is -0.130. The molecular weight excluding hydrogens is 267 g/mol. The smallest absolute Gasteiger partial charge is 0.236 e. The molecule has 1 saturated carbocycles. The molecule has 0 aliphatic heterocycles. The van der Waals surface area contributed by atoms with E-state index in [1.807, 2.05) is 11.0 Å². The maximum atomic E-state index is 13.1. The molecule has 1 aromatic carbocycles. The number of carbonyl (C=O) groups is 1. The molecule has 0 bridgehead atoms. The van der Waals surface area contributed by atoms with E-state index in [2.05, 4.69) is 5.32 Å². The Morgan fingerprint density at radius 1 is 1.47 bits per heavy atom. The van der Waals surface area contributed by atoms with E-state index < -0.39 is 0 Å². The van der Waals surface area contributed by atoms with Gasteiger partial charge in [-0.05, 0) is 44.0 Å². The number of nitrogens with zero attached hydrogens (tertiary/aromatic N) is 1. The average molecular weight is 287 g/mol. The summed E-state index contributed by atoms with van der Waals surface area (Å²) in [5.74, 6) is -0.0802. The molecule has 0 heterocycles. The highest BCUT2D eigenvalue weighted by Crippen LogP contribution is 2.27. The highest BCUT2D eigenvalue weighted by molar-refractivity contribution is 5.85. The van der Waals surface area contributed by atoms with Crippen molar-refractivity contribution in [3.8, 4) is 0 Å². The van der Waals surface area contributed by atoms with Crippen LogP contribution < -0.4 is 5.32 Å². The van der Waals surface area contributed by atoms with Gasteiger partial charge in [-0.2, -0.15) is 0 Å². The van der Waals surface area contributed by atoms with Gasteiger partial charge < -0.3 is 10.2 Å². The van der Waals surface area contributed by atoms with Crippen molar-refractivity contribution in [3.63, 3.8) is 0 Å². The Hall–Kier alpha value is -1.13. The van der Waals surface area contributed by atoms with Gasteiger partial charge in [-0.15, -0.1) is 12.4 Å². The van der Waals surface area contributed by atoms with Crippen molar-refractivity contribution in [3.05, 3.63) is 35.6 Å². The van der Waals surface area contributed by atoms with E-state index in [1.54, 1.807) is 13.1 Å². The fraction of sp³-hybridized carbons (Fsp3) is 0.500. The normalized spacial score (nSPS) is 13.8. The van der Waals surface area contributed by atoms with E-state index >= 15 is 0 Å². The number of halogens is 2. The predicted molar refractivity (Wildman–Crippen MR) is 76.0 cm³/mol. The van der Waals surface area contributed by atoms with Crippen LogP contribution in [0.3, 0.4) is 0 Å². The summed E-state index contributed by atoms with van der Waals surface area (Å²) in [6.07, 6.45) is 2.90. The van der Waals surface area contributed by atoms with Gasteiger partial charge in [0.25, 0.3) is 0 Å². The second-order valence-corrected chi connectivity index (χ2v) is 4.73. The summed E-state index contributed by atoms with van der Waals surface area (Å²) in [7, 11) is 1.77. The number of hydrogen-bond donors (Lipinski definition) is 1. The van der Waals surface area contributed by atoms with Crippen molar-refractivity contribution >= 4 is 18.3 Å². The zero-order valence-corrected chi connectivity index (χ0v) is 11.9. The summed E-state index contributed by atoms with van der Waals surface area (Å²) in [6.45, 7) is 1.05. The van der Waals surface area contributed by atoms with Crippen molar-refractivity contribution in [1.29, 1.82) is 0 Å². The molecule has 106 valence electrons. The Labute approximate surface area is 119 Å². The molecule has 0 unspecified atom stereocenters. The largest absolute Gasteiger partial charge is 0.338 e. The summed E-state index contributed by atoms with van der Waals surface area (Å²) < 4.78 is 13.1. The number of rotatable bonds is 6. The molecule has 1 N–H and O–H groups in total. The Kier molecular flexibility index (Phi) is 6.25. The third-order valence-corrected chi connectivity index (χ3v) is 3.17. The second-order valence-electron chi connectivity index (χ2n) is 4.73. The van der Waals surface area contributed by atoms with Gasteiger partial charge >= 0.3 is 0 Å². The molecule has 0 spiro atoms. The van der Waals surface area contributed by atoms with Crippen molar-refractivity contribution in [1.82, 2.24) is 10.2 Å². The number of hydrogen-bond acceptors (Lipinski definition) is 2. The summed E-state index contributed by atoms with van der Waals surface area (Å²) in [4.78, 5) is 13.8. The SMILES string of the molecule is CNCC(=O)N(CCc1cccc(F)c1)C1CC1.Cl. The van der Waals surface area contributed by atoms with Gasteiger partial charge in [-0.3, -0.25) is 4.79 Å². The van der Waals surface area contributed by atoms with E-state index in [9.17, 15) is 9.18 Å². The molecular formula is C14H20ClFN2O. The Bertz CT molecular complexity index is 424.